The summed E-state index contributed by atoms with van der Waals surface area (Å²) in [5.74, 6) is 0.538. The molecule has 17 heavy (non-hydrogen) atoms. The molecule has 3 nitrogen and oxygen atoms in total. The molecule has 0 unspecified atom stereocenters. The molecule has 0 saturated heterocycles. The number of anilines is 2. The highest BCUT2D eigenvalue weighted by Gasteiger charge is 1.98. The van der Waals surface area contributed by atoms with Crippen molar-refractivity contribution in [1.82, 2.24) is 4.98 Å². The highest BCUT2D eigenvalue weighted by molar-refractivity contribution is 5.50. The molecule has 4 heteroatoms. The van der Waals surface area contributed by atoms with Crippen molar-refractivity contribution in [3.8, 4) is 0 Å². The molecule has 1 aromatic carbocycles. The summed E-state index contributed by atoms with van der Waals surface area (Å²) < 4.78 is 12.7. The summed E-state index contributed by atoms with van der Waals surface area (Å²) in [5.41, 5.74) is 8.35. The first-order chi connectivity index (χ1) is 8.15. The molecule has 1 heterocycles. The fraction of sp³-hybridized carbons (Fsp3) is 0.154. The SMILES string of the molecule is Cc1cc(NCc2ccc(F)cc2)ncc1N. The van der Waals surface area contributed by atoms with E-state index < -0.39 is 0 Å². The van der Waals surface area contributed by atoms with Crippen molar-refractivity contribution in [2.75, 3.05) is 11.1 Å². The number of rotatable bonds is 3. The Labute approximate surface area is 99.5 Å². The van der Waals surface area contributed by atoms with Crippen LogP contribution < -0.4 is 11.1 Å². The van der Waals surface area contributed by atoms with Gasteiger partial charge in [0.05, 0.1) is 11.9 Å². The zero-order chi connectivity index (χ0) is 12.3. The summed E-state index contributed by atoms with van der Waals surface area (Å²) in [6, 6.07) is 8.26. The van der Waals surface area contributed by atoms with Gasteiger partial charge >= 0.3 is 0 Å². The van der Waals surface area contributed by atoms with Crippen LogP contribution >= 0.6 is 0 Å². The van der Waals surface area contributed by atoms with E-state index in [1.54, 1.807) is 18.3 Å². The first-order valence-corrected chi connectivity index (χ1v) is 5.35. The number of pyridine rings is 1. The van der Waals surface area contributed by atoms with Crippen LogP contribution in [0.25, 0.3) is 0 Å². The van der Waals surface area contributed by atoms with Gasteiger partial charge in [0, 0.05) is 6.54 Å². The third-order valence-electron chi connectivity index (χ3n) is 2.54. The van der Waals surface area contributed by atoms with Crippen molar-refractivity contribution in [3.05, 3.63) is 53.5 Å². The number of hydrogen-bond donors (Lipinski definition) is 2. The van der Waals surface area contributed by atoms with Crippen molar-refractivity contribution in [2.24, 2.45) is 0 Å². The molecule has 0 bridgehead atoms. The molecule has 3 N–H and O–H groups in total. The Kier molecular flexibility index (Phi) is 3.23. The monoisotopic (exact) mass is 231 g/mol. The molecule has 0 spiro atoms. The standard InChI is InChI=1S/C13H14FN3/c1-9-6-13(17-8-12(9)15)16-7-10-2-4-11(14)5-3-10/h2-6,8H,7,15H2,1H3,(H,16,17). The van der Waals surface area contributed by atoms with Crippen molar-refractivity contribution in [2.45, 2.75) is 13.5 Å². The Bertz CT molecular complexity index is 509. The van der Waals surface area contributed by atoms with Crippen LogP contribution in [0.4, 0.5) is 15.9 Å². The average Bonchev–Trinajstić information content (AvgIpc) is 2.33. The van der Waals surface area contributed by atoms with E-state index in [1.165, 1.54) is 12.1 Å². The molecule has 2 rings (SSSR count). The molecular weight excluding hydrogens is 217 g/mol. The lowest BCUT2D eigenvalue weighted by Crippen LogP contribution is -2.02. The van der Waals surface area contributed by atoms with Gasteiger partial charge in [-0.05, 0) is 36.2 Å². The van der Waals surface area contributed by atoms with Crippen LogP contribution in [0.5, 0.6) is 0 Å². The maximum atomic E-state index is 12.7. The minimum absolute atomic E-state index is 0.227. The number of nitrogens with zero attached hydrogens (tertiary/aromatic N) is 1. The summed E-state index contributed by atoms with van der Waals surface area (Å²) in [6.45, 7) is 2.54. The molecule has 0 fully saturated rings. The van der Waals surface area contributed by atoms with E-state index in [0.717, 1.165) is 16.9 Å². The zero-order valence-corrected chi connectivity index (χ0v) is 9.57. The number of nitrogens with two attached hydrogens (primary N) is 1. The summed E-state index contributed by atoms with van der Waals surface area (Å²) in [6.07, 6.45) is 1.63. The molecule has 1 aromatic heterocycles. The van der Waals surface area contributed by atoms with Gasteiger partial charge in [-0.1, -0.05) is 12.1 Å². The Hall–Kier alpha value is -2.10. The van der Waals surface area contributed by atoms with E-state index in [4.69, 9.17) is 5.73 Å². The largest absolute Gasteiger partial charge is 0.397 e. The zero-order valence-electron chi connectivity index (χ0n) is 9.57. The molecule has 2 aromatic rings. The van der Waals surface area contributed by atoms with Gasteiger partial charge in [0.2, 0.25) is 0 Å². The van der Waals surface area contributed by atoms with Gasteiger partial charge in [-0.2, -0.15) is 0 Å². The Balaban J connectivity index is 2.02. The van der Waals surface area contributed by atoms with Crippen LogP contribution in [0.15, 0.2) is 36.5 Å². The highest BCUT2D eigenvalue weighted by atomic mass is 19.1. The maximum Gasteiger partial charge on any atom is 0.126 e. The second kappa shape index (κ2) is 4.82. The van der Waals surface area contributed by atoms with E-state index in [-0.39, 0.29) is 5.82 Å². The summed E-state index contributed by atoms with van der Waals surface area (Å²) in [7, 11) is 0. The number of hydrogen-bond acceptors (Lipinski definition) is 3. The fourth-order valence-electron chi connectivity index (χ4n) is 1.46. The summed E-state index contributed by atoms with van der Waals surface area (Å²) in [4.78, 5) is 4.16. The van der Waals surface area contributed by atoms with Crippen LogP contribution in [0, 0.1) is 12.7 Å². The van der Waals surface area contributed by atoms with Crippen LogP contribution in [0.3, 0.4) is 0 Å². The lowest BCUT2D eigenvalue weighted by atomic mass is 10.2. The molecule has 0 radical (unpaired) electrons. The molecule has 0 aliphatic carbocycles. The molecular formula is C13H14FN3. The summed E-state index contributed by atoms with van der Waals surface area (Å²) in [5, 5.41) is 3.16. The van der Waals surface area contributed by atoms with Gasteiger partial charge in [0.25, 0.3) is 0 Å². The van der Waals surface area contributed by atoms with Crippen molar-refractivity contribution in [3.63, 3.8) is 0 Å². The number of aromatic nitrogens is 1. The van der Waals surface area contributed by atoms with E-state index in [1.807, 2.05) is 13.0 Å². The second-order valence-electron chi connectivity index (χ2n) is 3.91. The van der Waals surface area contributed by atoms with E-state index in [0.29, 0.717) is 12.2 Å². The number of aryl methyl sites for hydroxylation is 1. The van der Waals surface area contributed by atoms with Gasteiger partial charge in [-0.15, -0.1) is 0 Å². The predicted molar refractivity (Wildman–Crippen MR) is 67.1 cm³/mol. The van der Waals surface area contributed by atoms with Gasteiger partial charge in [0.1, 0.15) is 11.6 Å². The molecule has 0 saturated carbocycles. The number of nitrogen functional groups attached to an aromatic ring is 1. The summed E-state index contributed by atoms with van der Waals surface area (Å²) >= 11 is 0. The fourth-order valence-corrected chi connectivity index (χ4v) is 1.46. The third-order valence-corrected chi connectivity index (χ3v) is 2.54. The maximum absolute atomic E-state index is 12.7. The van der Waals surface area contributed by atoms with E-state index >= 15 is 0 Å². The lowest BCUT2D eigenvalue weighted by molar-refractivity contribution is 0.627. The molecule has 0 aliphatic rings. The minimum atomic E-state index is -0.227. The highest BCUT2D eigenvalue weighted by Crippen LogP contribution is 2.14. The minimum Gasteiger partial charge on any atom is -0.397 e. The predicted octanol–water partition coefficient (Wildman–Crippen LogP) is 2.72. The van der Waals surface area contributed by atoms with Crippen molar-refractivity contribution in [1.29, 1.82) is 0 Å². The van der Waals surface area contributed by atoms with Crippen LogP contribution in [-0.4, -0.2) is 4.98 Å². The Morgan fingerprint density at radius 2 is 2.00 bits per heavy atom. The average molecular weight is 231 g/mol. The number of benzene rings is 1. The van der Waals surface area contributed by atoms with Crippen molar-refractivity contribution >= 4 is 11.5 Å². The Morgan fingerprint density at radius 3 is 2.65 bits per heavy atom. The molecule has 0 atom stereocenters. The van der Waals surface area contributed by atoms with Crippen LogP contribution in [-0.2, 0) is 6.54 Å². The number of nitrogens with one attached hydrogen (secondary N) is 1. The smallest absolute Gasteiger partial charge is 0.126 e. The van der Waals surface area contributed by atoms with E-state index in [2.05, 4.69) is 10.3 Å². The van der Waals surface area contributed by atoms with Crippen LogP contribution in [0.2, 0.25) is 0 Å². The second-order valence-corrected chi connectivity index (χ2v) is 3.91. The molecule has 0 aliphatic heterocycles. The van der Waals surface area contributed by atoms with Gasteiger partial charge < -0.3 is 11.1 Å². The van der Waals surface area contributed by atoms with Gasteiger partial charge in [-0.25, -0.2) is 9.37 Å². The molecule has 0 amide bonds. The first-order valence-electron chi connectivity index (χ1n) is 5.35. The van der Waals surface area contributed by atoms with E-state index in [9.17, 15) is 4.39 Å². The lowest BCUT2D eigenvalue weighted by Gasteiger charge is -2.07. The topological polar surface area (TPSA) is 50.9 Å². The number of halogens is 1. The van der Waals surface area contributed by atoms with Gasteiger partial charge in [-0.3, -0.25) is 0 Å². The van der Waals surface area contributed by atoms with Gasteiger partial charge in [0.15, 0.2) is 0 Å². The normalized spacial score (nSPS) is 10.2. The molecule has 88 valence electrons. The quantitative estimate of drug-likeness (QED) is 0.854. The first kappa shape index (κ1) is 11.4. The third kappa shape index (κ3) is 2.93. The Morgan fingerprint density at radius 1 is 1.29 bits per heavy atom. The van der Waals surface area contributed by atoms with Crippen molar-refractivity contribution < 1.29 is 4.39 Å². The van der Waals surface area contributed by atoms with Crippen LogP contribution in [0.1, 0.15) is 11.1 Å².